The van der Waals surface area contributed by atoms with Crippen molar-refractivity contribution in [2.75, 3.05) is 25.5 Å². The summed E-state index contributed by atoms with van der Waals surface area (Å²) in [6.45, 7) is 6.55. The molecule has 0 bridgehead atoms. The Morgan fingerprint density at radius 1 is 1.43 bits per heavy atom. The van der Waals surface area contributed by atoms with Crippen LogP contribution in [0.2, 0.25) is 0 Å². The van der Waals surface area contributed by atoms with Gasteiger partial charge in [0.25, 0.3) is 0 Å². The summed E-state index contributed by atoms with van der Waals surface area (Å²) in [4.78, 5) is 6.92. The summed E-state index contributed by atoms with van der Waals surface area (Å²) in [6, 6.07) is 4.88. The van der Waals surface area contributed by atoms with Gasteiger partial charge in [-0.05, 0) is 56.5 Å². The van der Waals surface area contributed by atoms with Gasteiger partial charge in [0.15, 0.2) is 0 Å². The van der Waals surface area contributed by atoms with E-state index in [1.807, 2.05) is 18.5 Å². The molecule has 3 rings (SSSR count). The van der Waals surface area contributed by atoms with E-state index in [1.54, 1.807) is 0 Å². The number of aromatic nitrogens is 3. The first-order chi connectivity index (χ1) is 11.1. The standard InChI is InChI=1S/C18H27N5/c1-13(2)18-16(12-21-22-18)14-6-8-19-17(11-14)20-9-7-15-5-4-10-23(15)3/h6,8,11-13,15H,4-5,7,9-10H2,1-3H3,(H,19,20)(H,21,22). The van der Waals surface area contributed by atoms with Crippen molar-refractivity contribution >= 4 is 5.82 Å². The third-order valence-corrected chi connectivity index (χ3v) is 4.77. The van der Waals surface area contributed by atoms with Crippen LogP contribution in [0.25, 0.3) is 11.1 Å². The van der Waals surface area contributed by atoms with Crippen molar-refractivity contribution in [2.24, 2.45) is 0 Å². The van der Waals surface area contributed by atoms with Crippen LogP contribution in [0.1, 0.15) is 44.7 Å². The highest BCUT2D eigenvalue weighted by Gasteiger charge is 2.20. The minimum absolute atomic E-state index is 0.426. The number of H-pyrrole nitrogens is 1. The molecule has 5 nitrogen and oxygen atoms in total. The Morgan fingerprint density at radius 2 is 2.30 bits per heavy atom. The van der Waals surface area contributed by atoms with Crippen LogP contribution in [0.4, 0.5) is 5.82 Å². The van der Waals surface area contributed by atoms with Crippen molar-refractivity contribution in [3.8, 4) is 11.1 Å². The molecule has 3 heterocycles. The van der Waals surface area contributed by atoms with Gasteiger partial charge in [0.1, 0.15) is 5.82 Å². The normalized spacial score (nSPS) is 18.7. The molecule has 124 valence electrons. The lowest BCUT2D eigenvalue weighted by molar-refractivity contribution is 0.301. The highest BCUT2D eigenvalue weighted by atomic mass is 15.1. The molecule has 1 aliphatic heterocycles. The van der Waals surface area contributed by atoms with Crippen molar-refractivity contribution in [3.05, 3.63) is 30.2 Å². The van der Waals surface area contributed by atoms with E-state index in [2.05, 4.69) is 52.4 Å². The molecule has 2 aromatic rings. The predicted molar refractivity (Wildman–Crippen MR) is 94.7 cm³/mol. The molecule has 0 radical (unpaired) electrons. The summed E-state index contributed by atoms with van der Waals surface area (Å²) in [5.41, 5.74) is 3.51. The van der Waals surface area contributed by atoms with Crippen LogP contribution in [0, 0.1) is 0 Å². The van der Waals surface area contributed by atoms with Crippen LogP contribution in [-0.2, 0) is 0 Å². The quantitative estimate of drug-likeness (QED) is 0.857. The molecule has 1 atom stereocenters. The van der Waals surface area contributed by atoms with Gasteiger partial charge in [-0.2, -0.15) is 5.10 Å². The summed E-state index contributed by atoms with van der Waals surface area (Å²) in [5.74, 6) is 1.37. The number of pyridine rings is 1. The Balaban J connectivity index is 1.64. The molecule has 5 heteroatoms. The number of likely N-dealkylation sites (tertiary alicyclic amines) is 1. The van der Waals surface area contributed by atoms with E-state index in [0.717, 1.165) is 17.9 Å². The Bertz CT molecular complexity index is 634. The van der Waals surface area contributed by atoms with Gasteiger partial charge in [-0.25, -0.2) is 4.98 Å². The first-order valence-corrected chi connectivity index (χ1v) is 8.59. The third kappa shape index (κ3) is 3.72. The molecule has 23 heavy (non-hydrogen) atoms. The van der Waals surface area contributed by atoms with Crippen LogP contribution in [0.3, 0.4) is 0 Å². The van der Waals surface area contributed by atoms with Crippen LogP contribution in [0.15, 0.2) is 24.5 Å². The van der Waals surface area contributed by atoms with Crippen LogP contribution in [-0.4, -0.2) is 46.3 Å². The zero-order valence-electron chi connectivity index (χ0n) is 14.3. The van der Waals surface area contributed by atoms with E-state index < -0.39 is 0 Å². The average Bonchev–Trinajstić information content (AvgIpc) is 3.17. The smallest absolute Gasteiger partial charge is 0.126 e. The molecular formula is C18H27N5. The second-order valence-electron chi connectivity index (χ2n) is 6.77. The Kier molecular flexibility index (Phi) is 4.96. The van der Waals surface area contributed by atoms with Crippen molar-refractivity contribution in [3.63, 3.8) is 0 Å². The van der Waals surface area contributed by atoms with Gasteiger partial charge in [0.05, 0.1) is 6.20 Å². The lowest BCUT2D eigenvalue weighted by atomic mass is 10.0. The van der Waals surface area contributed by atoms with Crippen LogP contribution < -0.4 is 5.32 Å². The highest BCUT2D eigenvalue weighted by molar-refractivity contribution is 5.68. The van der Waals surface area contributed by atoms with Gasteiger partial charge in [0.2, 0.25) is 0 Å². The molecule has 1 aliphatic rings. The largest absolute Gasteiger partial charge is 0.370 e. The number of hydrogen-bond acceptors (Lipinski definition) is 4. The van der Waals surface area contributed by atoms with Gasteiger partial charge in [-0.15, -0.1) is 0 Å². The van der Waals surface area contributed by atoms with Crippen molar-refractivity contribution < 1.29 is 0 Å². The number of nitrogens with one attached hydrogen (secondary N) is 2. The Hall–Kier alpha value is -1.88. The molecule has 2 aromatic heterocycles. The van der Waals surface area contributed by atoms with Gasteiger partial charge >= 0.3 is 0 Å². The van der Waals surface area contributed by atoms with Crippen LogP contribution in [0.5, 0.6) is 0 Å². The summed E-state index contributed by atoms with van der Waals surface area (Å²) in [6.07, 6.45) is 7.59. The molecule has 0 amide bonds. The zero-order valence-corrected chi connectivity index (χ0v) is 14.3. The molecule has 1 fully saturated rings. The number of anilines is 1. The van der Waals surface area contributed by atoms with Crippen molar-refractivity contribution in [1.29, 1.82) is 0 Å². The van der Waals surface area contributed by atoms with E-state index in [0.29, 0.717) is 12.0 Å². The molecule has 2 N–H and O–H groups in total. The van der Waals surface area contributed by atoms with E-state index in [-0.39, 0.29) is 0 Å². The van der Waals surface area contributed by atoms with E-state index in [1.165, 1.54) is 37.1 Å². The average molecular weight is 313 g/mol. The maximum absolute atomic E-state index is 4.45. The second kappa shape index (κ2) is 7.13. The topological polar surface area (TPSA) is 56.8 Å². The van der Waals surface area contributed by atoms with E-state index in [9.17, 15) is 0 Å². The summed E-state index contributed by atoms with van der Waals surface area (Å²) < 4.78 is 0. The predicted octanol–water partition coefficient (Wildman–Crippen LogP) is 3.49. The maximum atomic E-state index is 4.45. The number of rotatable bonds is 6. The minimum Gasteiger partial charge on any atom is -0.370 e. The zero-order chi connectivity index (χ0) is 16.2. The third-order valence-electron chi connectivity index (χ3n) is 4.77. The van der Waals surface area contributed by atoms with Gasteiger partial charge in [0, 0.05) is 30.0 Å². The fraction of sp³-hybridized carbons (Fsp3) is 0.556. The van der Waals surface area contributed by atoms with Crippen LogP contribution >= 0.6 is 0 Å². The molecule has 1 saturated heterocycles. The fourth-order valence-corrected chi connectivity index (χ4v) is 3.37. The van der Waals surface area contributed by atoms with Crippen molar-refractivity contribution in [1.82, 2.24) is 20.1 Å². The maximum Gasteiger partial charge on any atom is 0.126 e. The van der Waals surface area contributed by atoms with Crippen molar-refractivity contribution in [2.45, 2.75) is 45.1 Å². The molecule has 0 saturated carbocycles. The van der Waals surface area contributed by atoms with Gasteiger partial charge < -0.3 is 10.2 Å². The molecule has 0 aromatic carbocycles. The Labute approximate surface area is 138 Å². The van der Waals surface area contributed by atoms with E-state index >= 15 is 0 Å². The van der Waals surface area contributed by atoms with E-state index in [4.69, 9.17) is 0 Å². The minimum atomic E-state index is 0.426. The lowest BCUT2D eigenvalue weighted by Crippen LogP contribution is -2.27. The Morgan fingerprint density at radius 3 is 3.04 bits per heavy atom. The monoisotopic (exact) mass is 313 g/mol. The number of aromatic amines is 1. The first kappa shape index (κ1) is 16.0. The fourth-order valence-electron chi connectivity index (χ4n) is 3.37. The molecule has 1 unspecified atom stereocenters. The summed E-state index contributed by atoms with van der Waals surface area (Å²) in [7, 11) is 2.23. The van der Waals surface area contributed by atoms with Gasteiger partial charge in [-0.1, -0.05) is 13.8 Å². The SMILES string of the molecule is CC(C)c1[nH]ncc1-c1ccnc(NCCC2CCCN2C)c1. The first-order valence-electron chi connectivity index (χ1n) is 8.59. The second-order valence-corrected chi connectivity index (χ2v) is 6.77. The summed E-state index contributed by atoms with van der Waals surface area (Å²) >= 11 is 0. The molecule has 0 aliphatic carbocycles. The lowest BCUT2D eigenvalue weighted by Gasteiger charge is -2.19. The molecule has 0 spiro atoms. The highest BCUT2D eigenvalue weighted by Crippen LogP contribution is 2.28. The number of nitrogens with zero attached hydrogens (tertiary/aromatic N) is 3. The molecular weight excluding hydrogens is 286 g/mol. The number of hydrogen-bond donors (Lipinski definition) is 2. The van der Waals surface area contributed by atoms with Gasteiger partial charge in [-0.3, -0.25) is 5.10 Å². The summed E-state index contributed by atoms with van der Waals surface area (Å²) in [5, 5.41) is 10.8.